The normalized spacial score (nSPS) is 10.4. The molecule has 3 rings (SSSR count). The van der Waals surface area contributed by atoms with Gasteiger partial charge in [-0.2, -0.15) is 5.10 Å². The van der Waals surface area contributed by atoms with Gasteiger partial charge >= 0.3 is 0 Å². The van der Waals surface area contributed by atoms with Gasteiger partial charge in [-0.15, -0.1) is 0 Å². The van der Waals surface area contributed by atoms with Gasteiger partial charge in [0.2, 0.25) is 5.95 Å². The molecule has 100 valence electrons. The number of nitrogens with one attached hydrogen (secondary N) is 1. The summed E-state index contributed by atoms with van der Waals surface area (Å²) in [6, 6.07) is 8.00. The molecular weight excluding hydrogens is 252 g/mol. The second-order valence-corrected chi connectivity index (χ2v) is 4.39. The first-order chi connectivity index (χ1) is 9.83. The molecule has 0 unspecified atom stereocenters. The molecule has 0 spiro atoms. The third-order valence-electron chi connectivity index (χ3n) is 2.94. The summed E-state index contributed by atoms with van der Waals surface area (Å²) in [5.74, 6) is 0.630. The molecule has 0 aliphatic heterocycles. The summed E-state index contributed by atoms with van der Waals surface area (Å²) in [5, 5.41) is 7.33. The van der Waals surface area contributed by atoms with E-state index in [1.807, 2.05) is 6.07 Å². The molecule has 1 aromatic carbocycles. The fraction of sp³-hybridized carbons (Fsp3) is 0.143. The number of anilines is 1. The van der Waals surface area contributed by atoms with Gasteiger partial charge in [-0.25, -0.2) is 19.6 Å². The quantitative estimate of drug-likeness (QED) is 0.782. The third-order valence-corrected chi connectivity index (χ3v) is 2.94. The van der Waals surface area contributed by atoms with Crippen LogP contribution in [0.4, 0.5) is 5.95 Å². The summed E-state index contributed by atoms with van der Waals surface area (Å²) in [5.41, 5.74) is 3.34. The molecule has 0 aliphatic carbocycles. The van der Waals surface area contributed by atoms with Crippen molar-refractivity contribution in [1.82, 2.24) is 24.7 Å². The Morgan fingerprint density at radius 2 is 2.05 bits per heavy atom. The molecule has 0 amide bonds. The lowest BCUT2D eigenvalue weighted by molar-refractivity contribution is 0.869. The van der Waals surface area contributed by atoms with Crippen molar-refractivity contribution >= 4 is 5.95 Å². The van der Waals surface area contributed by atoms with Crippen molar-refractivity contribution in [3.05, 3.63) is 60.4 Å². The summed E-state index contributed by atoms with van der Waals surface area (Å²) in [6.45, 7) is 2.74. The Hall–Kier alpha value is -2.76. The molecule has 2 aromatic heterocycles. The molecule has 3 aromatic rings. The van der Waals surface area contributed by atoms with Crippen molar-refractivity contribution < 1.29 is 0 Å². The van der Waals surface area contributed by atoms with Crippen molar-refractivity contribution in [2.45, 2.75) is 13.5 Å². The third kappa shape index (κ3) is 2.64. The fourth-order valence-corrected chi connectivity index (χ4v) is 1.99. The Bertz CT molecular complexity index is 678. The zero-order chi connectivity index (χ0) is 13.8. The van der Waals surface area contributed by atoms with Gasteiger partial charge in [-0.1, -0.05) is 12.1 Å². The van der Waals surface area contributed by atoms with Crippen LogP contribution in [0.25, 0.3) is 5.69 Å². The van der Waals surface area contributed by atoms with Crippen LogP contribution < -0.4 is 5.32 Å². The number of aryl methyl sites for hydroxylation is 1. The Morgan fingerprint density at radius 3 is 2.75 bits per heavy atom. The first kappa shape index (κ1) is 12.3. The van der Waals surface area contributed by atoms with E-state index >= 15 is 0 Å². The molecule has 0 bridgehead atoms. The molecule has 0 saturated heterocycles. The van der Waals surface area contributed by atoms with Crippen LogP contribution in [0.2, 0.25) is 0 Å². The highest BCUT2D eigenvalue weighted by molar-refractivity contribution is 5.42. The average Bonchev–Trinajstić information content (AvgIpc) is 3.00. The van der Waals surface area contributed by atoms with Crippen LogP contribution in [-0.4, -0.2) is 24.7 Å². The Labute approximate surface area is 116 Å². The Balaban J connectivity index is 1.74. The van der Waals surface area contributed by atoms with E-state index in [0.717, 1.165) is 11.3 Å². The molecule has 0 saturated carbocycles. The molecule has 6 heteroatoms. The van der Waals surface area contributed by atoms with Crippen molar-refractivity contribution in [3.63, 3.8) is 0 Å². The number of rotatable bonds is 4. The summed E-state index contributed by atoms with van der Waals surface area (Å²) >= 11 is 0. The largest absolute Gasteiger partial charge is 0.350 e. The first-order valence-corrected chi connectivity index (χ1v) is 6.28. The van der Waals surface area contributed by atoms with Crippen LogP contribution in [0.5, 0.6) is 0 Å². The van der Waals surface area contributed by atoms with E-state index in [-0.39, 0.29) is 0 Å². The lowest BCUT2D eigenvalue weighted by atomic mass is 10.1. The highest BCUT2D eigenvalue weighted by Gasteiger charge is 2.03. The smallest absolute Gasteiger partial charge is 0.222 e. The predicted molar refractivity (Wildman–Crippen MR) is 75.5 cm³/mol. The van der Waals surface area contributed by atoms with Gasteiger partial charge in [-0.3, -0.25) is 0 Å². The Morgan fingerprint density at radius 1 is 1.20 bits per heavy atom. The van der Waals surface area contributed by atoms with Crippen molar-refractivity contribution in [2.75, 3.05) is 5.32 Å². The van der Waals surface area contributed by atoms with Crippen LogP contribution in [0.15, 0.2) is 49.3 Å². The minimum absolute atomic E-state index is 0.630. The Kier molecular flexibility index (Phi) is 3.36. The standard InChI is InChI=1S/C14H14N6/c1-11-7-12(8-18-14-16-5-2-6-17-14)3-4-13(11)20-10-15-9-19-20/h2-7,9-10H,8H2,1H3,(H,16,17,18). The maximum absolute atomic E-state index is 4.14. The van der Waals surface area contributed by atoms with Gasteiger partial charge in [0, 0.05) is 18.9 Å². The van der Waals surface area contributed by atoms with Crippen LogP contribution >= 0.6 is 0 Å². The van der Waals surface area contributed by atoms with Crippen molar-refractivity contribution in [1.29, 1.82) is 0 Å². The van der Waals surface area contributed by atoms with E-state index in [4.69, 9.17) is 0 Å². The molecule has 6 nitrogen and oxygen atoms in total. The molecule has 20 heavy (non-hydrogen) atoms. The number of aromatic nitrogens is 5. The van der Waals surface area contributed by atoms with Gasteiger partial charge in [0.15, 0.2) is 0 Å². The SMILES string of the molecule is Cc1cc(CNc2ncccn2)ccc1-n1cncn1. The average molecular weight is 266 g/mol. The molecule has 0 aliphatic rings. The molecule has 0 atom stereocenters. The highest BCUT2D eigenvalue weighted by Crippen LogP contribution is 2.15. The van der Waals surface area contributed by atoms with Gasteiger partial charge in [0.1, 0.15) is 12.7 Å². The van der Waals surface area contributed by atoms with Crippen LogP contribution in [0.3, 0.4) is 0 Å². The highest BCUT2D eigenvalue weighted by atomic mass is 15.3. The van der Waals surface area contributed by atoms with Gasteiger partial charge in [-0.05, 0) is 30.2 Å². The van der Waals surface area contributed by atoms with Crippen molar-refractivity contribution in [3.8, 4) is 5.69 Å². The molecule has 2 heterocycles. The second-order valence-electron chi connectivity index (χ2n) is 4.39. The van der Waals surface area contributed by atoms with E-state index in [2.05, 4.69) is 44.4 Å². The summed E-state index contributed by atoms with van der Waals surface area (Å²) in [4.78, 5) is 12.2. The van der Waals surface area contributed by atoms with E-state index in [9.17, 15) is 0 Å². The van der Waals surface area contributed by atoms with E-state index in [1.165, 1.54) is 11.9 Å². The fourth-order valence-electron chi connectivity index (χ4n) is 1.99. The number of hydrogen-bond donors (Lipinski definition) is 1. The zero-order valence-electron chi connectivity index (χ0n) is 11.1. The first-order valence-electron chi connectivity index (χ1n) is 6.28. The minimum atomic E-state index is 0.630. The van der Waals surface area contributed by atoms with E-state index < -0.39 is 0 Å². The second kappa shape index (κ2) is 5.48. The van der Waals surface area contributed by atoms with Crippen LogP contribution in [-0.2, 0) is 6.54 Å². The maximum atomic E-state index is 4.14. The molecule has 1 N–H and O–H groups in total. The van der Waals surface area contributed by atoms with Crippen LogP contribution in [0, 0.1) is 6.92 Å². The van der Waals surface area contributed by atoms with Gasteiger partial charge < -0.3 is 5.32 Å². The molecule has 0 fully saturated rings. The summed E-state index contributed by atoms with van der Waals surface area (Å²) in [6.07, 6.45) is 6.66. The number of benzene rings is 1. The van der Waals surface area contributed by atoms with E-state index in [1.54, 1.807) is 29.5 Å². The topological polar surface area (TPSA) is 68.5 Å². The number of nitrogens with zero attached hydrogens (tertiary/aromatic N) is 5. The van der Waals surface area contributed by atoms with Crippen LogP contribution in [0.1, 0.15) is 11.1 Å². The molecular formula is C14H14N6. The van der Waals surface area contributed by atoms with Gasteiger partial charge in [0.25, 0.3) is 0 Å². The van der Waals surface area contributed by atoms with Gasteiger partial charge in [0.05, 0.1) is 5.69 Å². The predicted octanol–water partition coefficient (Wildman–Crippen LogP) is 1.98. The minimum Gasteiger partial charge on any atom is -0.350 e. The summed E-state index contributed by atoms with van der Waals surface area (Å²) in [7, 11) is 0. The monoisotopic (exact) mass is 266 g/mol. The molecule has 0 radical (unpaired) electrons. The number of hydrogen-bond acceptors (Lipinski definition) is 5. The maximum Gasteiger partial charge on any atom is 0.222 e. The zero-order valence-corrected chi connectivity index (χ0v) is 11.1. The van der Waals surface area contributed by atoms with Crippen molar-refractivity contribution in [2.24, 2.45) is 0 Å². The lowest BCUT2D eigenvalue weighted by Crippen LogP contribution is -2.04. The lowest BCUT2D eigenvalue weighted by Gasteiger charge is -2.09. The summed E-state index contributed by atoms with van der Waals surface area (Å²) < 4.78 is 1.76. The van der Waals surface area contributed by atoms with E-state index in [0.29, 0.717) is 12.5 Å².